The summed E-state index contributed by atoms with van der Waals surface area (Å²) in [6, 6.07) is 0. The van der Waals surface area contributed by atoms with Crippen LogP contribution < -0.4 is 16.4 Å². The zero-order valence-corrected chi connectivity index (χ0v) is 10.7. The molecule has 98 valence electrons. The SMILES string of the molecule is CC(C)(N)CCC(=O)NCCNC(=O)C1CC1. The molecule has 1 aliphatic carbocycles. The van der Waals surface area contributed by atoms with Crippen LogP contribution in [-0.2, 0) is 9.59 Å². The van der Waals surface area contributed by atoms with E-state index < -0.39 is 0 Å². The number of amides is 2. The van der Waals surface area contributed by atoms with Crippen molar-refractivity contribution in [3.05, 3.63) is 0 Å². The number of carbonyl (C=O) groups is 2. The maximum absolute atomic E-state index is 11.4. The van der Waals surface area contributed by atoms with Crippen LogP contribution in [0, 0.1) is 5.92 Å². The summed E-state index contributed by atoms with van der Waals surface area (Å²) in [5.74, 6) is 0.329. The van der Waals surface area contributed by atoms with Crippen LogP contribution in [0.5, 0.6) is 0 Å². The molecule has 0 aliphatic heterocycles. The number of nitrogens with two attached hydrogens (primary N) is 1. The van der Waals surface area contributed by atoms with Crippen LogP contribution in [-0.4, -0.2) is 30.4 Å². The number of rotatable bonds is 7. The Morgan fingerprint density at radius 2 is 1.82 bits per heavy atom. The first-order valence-electron chi connectivity index (χ1n) is 6.22. The molecule has 0 bridgehead atoms. The third kappa shape index (κ3) is 6.94. The van der Waals surface area contributed by atoms with Crippen molar-refractivity contribution >= 4 is 11.8 Å². The lowest BCUT2D eigenvalue weighted by molar-refractivity contribution is -0.123. The highest BCUT2D eigenvalue weighted by molar-refractivity contribution is 5.81. The molecular formula is C12H23N3O2. The molecule has 0 spiro atoms. The predicted molar refractivity (Wildman–Crippen MR) is 66.2 cm³/mol. The fourth-order valence-corrected chi connectivity index (χ4v) is 1.40. The smallest absolute Gasteiger partial charge is 0.223 e. The Kier molecular flexibility index (Phi) is 4.93. The van der Waals surface area contributed by atoms with E-state index in [1.54, 1.807) is 0 Å². The maximum Gasteiger partial charge on any atom is 0.223 e. The topological polar surface area (TPSA) is 84.2 Å². The molecular weight excluding hydrogens is 218 g/mol. The molecule has 1 fully saturated rings. The van der Waals surface area contributed by atoms with Gasteiger partial charge in [-0.25, -0.2) is 0 Å². The summed E-state index contributed by atoms with van der Waals surface area (Å²) < 4.78 is 0. The van der Waals surface area contributed by atoms with Gasteiger partial charge in [0.1, 0.15) is 0 Å². The van der Waals surface area contributed by atoms with Gasteiger partial charge in [-0.05, 0) is 33.1 Å². The Hall–Kier alpha value is -1.10. The first-order chi connectivity index (χ1) is 7.88. The van der Waals surface area contributed by atoms with Gasteiger partial charge in [-0.3, -0.25) is 9.59 Å². The van der Waals surface area contributed by atoms with Gasteiger partial charge in [0.2, 0.25) is 11.8 Å². The number of carbonyl (C=O) groups excluding carboxylic acids is 2. The molecule has 0 aromatic heterocycles. The molecule has 0 radical (unpaired) electrons. The van der Waals surface area contributed by atoms with Gasteiger partial charge in [0.15, 0.2) is 0 Å². The molecule has 2 amide bonds. The minimum absolute atomic E-state index is 0.0100. The standard InChI is InChI=1S/C12H23N3O2/c1-12(2,13)6-5-10(16)14-7-8-15-11(17)9-3-4-9/h9H,3-8,13H2,1-2H3,(H,14,16)(H,15,17). The Morgan fingerprint density at radius 3 is 2.35 bits per heavy atom. The van der Waals surface area contributed by atoms with Crippen LogP contribution >= 0.6 is 0 Å². The molecule has 1 aliphatic rings. The van der Waals surface area contributed by atoms with E-state index in [1.807, 2.05) is 13.8 Å². The largest absolute Gasteiger partial charge is 0.354 e. The van der Waals surface area contributed by atoms with Crippen molar-refractivity contribution in [3.63, 3.8) is 0 Å². The lowest BCUT2D eigenvalue weighted by Gasteiger charge is -2.17. The van der Waals surface area contributed by atoms with E-state index >= 15 is 0 Å². The van der Waals surface area contributed by atoms with Gasteiger partial charge in [-0.15, -0.1) is 0 Å². The summed E-state index contributed by atoms with van der Waals surface area (Å²) in [6.07, 6.45) is 3.10. The fraction of sp³-hybridized carbons (Fsp3) is 0.833. The number of hydrogen-bond acceptors (Lipinski definition) is 3. The van der Waals surface area contributed by atoms with E-state index in [9.17, 15) is 9.59 Å². The first-order valence-corrected chi connectivity index (χ1v) is 6.22. The molecule has 1 saturated carbocycles. The van der Waals surface area contributed by atoms with E-state index in [0.717, 1.165) is 12.8 Å². The van der Waals surface area contributed by atoms with Crippen molar-refractivity contribution in [1.29, 1.82) is 0 Å². The third-order valence-corrected chi connectivity index (χ3v) is 2.69. The van der Waals surface area contributed by atoms with Gasteiger partial charge in [0.25, 0.3) is 0 Å². The van der Waals surface area contributed by atoms with E-state index in [0.29, 0.717) is 25.9 Å². The molecule has 5 heteroatoms. The molecule has 5 nitrogen and oxygen atoms in total. The average Bonchev–Trinajstić information content (AvgIpc) is 3.03. The minimum atomic E-state index is -0.308. The Balaban J connectivity index is 1.98. The van der Waals surface area contributed by atoms with Gasteiger partial charge < -0.3 is 16.4 Å². The molecule has 0 heterocycles. The van der Waals surface area contributed by atoms with E-state index in [1.165, 1.54) is 0 Å². The summed E-state index contributed by atoms with van der Waals surface area (Å²) >= 11 is 0. The third-order valence-electron chi connectivity index (χ3n) is 2.69. The second kappa shape index (κ2) is 6.00. The molecule has 0 aromatic carbocycles. The lowest BCUT2D eigenvalue weighted by atomic mass is 10.00. The summed E-state index contributed by atoms with van der Waals surface area (Å²) in [5, 5.41) is 5.55. The van der Waals surface area contributed by atoms with Crippen LogP contribution in [0.1, 0.15) is 39.5 Å². The van der Waals surface area contributed by atoms with E-state index in [4.69, 9.17) is 5.73 Å². The van der Waals surface area contributed by atoms with Crippen LogP contribution in [0.3, 0.4) is 0 Å². The van der Waals surface area contributed by atoms with Crippen molar-refractivity contribution in [2.45, 2.75) is 45.1 Å². The summed E-state index contributed by atoms with van der Waals surface area (Å²) in [7, 11) is 0. The van der Waals surface area contributed by atoms with Gasteiger partial charge >= 0.3 is 0 Å². The van der Waals surface area contributed by atoms with Gasteiger partial charge in [0.05, 0.1) is 0 Å². The number of hydrogen-bond donors (Lipinski definition) is 3. The highest BCUT2D eigenvalue weighted by Crippen LogP contribution is 2.28. The normalized spacial score (nSPS) is 15.5. The lowest BCUT2D eigenvalue weighted by Crippen LogP contribution is -2.37. The Labute approximate surface area is 103 Å². The van der Waals surface area contributed by atoms with Crippen molar-refractivity contribution < 1.29 is 9.59 Å². The second-order valence-corrected chi connectivity index (χ2v) is 5.40. The summed E-state index contributed by atoms with van der Waals surface area (Å²) in [4.78, 5) is 22.7. The Bertz CT molecular complexity index is 280. The minimum Gasteiger partial charge on any atom is -0.354 e. The summed E-state index contributed by atoms with van der Waals surface area (Å²) in [6.45, 7) is 4.79. The monoisotopic (exact) mass is 241 g/mol. The molecule has 0 atom stereocenters. The maximum atomic E-state index is 11.4. The van der Waals surface area contributed by atoms with Crippen molar-refractivity contribution in [2.75, 3.05) is 13.1 Å². The first kappa shape index (κ1) is 14.0. The molecule has 4 N–H and O–H groups in total. The molecule has 0 aromatic rings. The van der Waals surface area contributed by atoms with E-state index in [-0.39, 0.29) is 23.3 Å². The van der Waals surface area contributed by atoms with Gasteiger partial charge in [0, 0.05) is 31.0 Å². The van der Waals surface area contributed by atoms with Gasteiger partial charge in [-0.2, -0.15) is 0 Å². The fourth-order valence-electron chi connectivity index (χ4n) is 1.40. The van der Waals surface area contributed by atoms with Gasteiger partial charge in [-0.1, -0.05) is 0 Å². The Morgan fingerprint density at radius 1 is 1.24 bits per heavy atom. The van der Waals surface area contributed by atoms with Crippen LogP contribution in [0.25, 0.3) is 0 Å². The highest BCUT2D eigenvalue weighted by Gasteiger charge is 2.28. The number of nitrogens with one attached hydrogen (secondary N) is 2. The molecule has 0 unspecified atom stereocenters. The zero-order chi connectivity index (χ0) is 12.9. The van der Waals surface area contributed by atoms with Crippen LogP contribution in [0.2, 0.25) is 0 Å². The zero-order valence-electron chi connectivity index (χ0n) is 10.7. The van der Waals surface area contributed by atoms with Crippen LogP contribution in [0.15, 0.2) is 0 Å². The second-order valence-electron chi connectivity index (χ2n) is 5.40. The molecule has 17 heavy (non-hydrogen) atoms. The summed E-state index contributed by atoms with van der Waals surface area (Å²) in [5.41, 5.74) is 5.47. The average molecular weight is 241 g/mol. The van der Waals surface area contributed by atoms with E-state index in [2.05, 4.69) is 10.6 Å². The quantitative estimate of drug-likeness (QED) is 0.555. The van der Waals surface area contributed by atoms with Crippen molar-refractivity contribution in [2.24, 2.45) is 11.7 Å². The highest BCUT2D eigenvalue weighted by atomic mass is 16.2. The van der Waals surface area contributed by atoms with Crippen LogP contribution in [0.4, 0.5) is 0 Å². The molecule has 1 rings (SSSR count). The predicted octanol–water partition coefficient (Wildman–Crippen LogP) is 0.146. The van der Waals surface area contributed by atoms with Crippen molar-refractivity contribution in [3.8, 4) is 0 Å². The molecule has 0 saturated heterocycles. The van der Waals surface area contributed by atoms with Crippen molar-refractivity contribution in [1.82, 2.24) is 10.6 Å².